The molecule has 2 fully saturated rings. The minimum Gasteiger partial charge on any atom is -0.376 e. The van der Waals surface area contributed by atoms with Crippen LogP contribution in [0.3, 0.4) is 0 Å². The van der Waals surface area contributed by atoms with Gasteiger partial charge in [-0.2, -0.15) is 0 Å². The van der Waals surface area contributed by atoms with Crippen molar-refractivity contribution in [1.29, 1.82) is 0 Å². The molecule has 5 nitrogen and oxygen atoms in total. The Balaban J connectivity index is 2.16. The van der Waals surface area contributed by atoms with Gasteiger partial charge in [-0.15, -0.1) is 0 Å². The van der Waals surface area contributed by atoms with Gasteiger partial charge in [0.15, 0.2) is 6.29 Å². The predicted molar refractivity (Wildman–Crippen MR) is 47.0 cm³/mol. The Morgan fingerprint density at radius 3 is 2.14 bits per heavy atom. The maximum atomic E-state index is 5.58. The van der Waals surface area contributed by atoms with E-state index in [1.807, 2.05) is 0 Å². The fourth-order valence-electron chi connectivity index (χ4n) is 2.14. The predicted octanol–water partition coefficient (Wildman–Crippen LogP) is -0.214. The third-order valence-corrected chi connectivity index (χ3v) is 2.83. The summed E-state index contributed by atoms with van der Waals surface area (Å²) in [6.07, 6.45) is -0.827. The van der Waals surface area contributed by atoms with E-state index >= 15 is 0 Å². The Kier molecular flexibility index (Phi) is 3.04. The molecule has 0 saturated carbocycles. The molecular weight excluding hydrogens is 188 g/mol. The number of rotatable bonds is 3. The fourth-order valence-corrected chi connectivity index (χ4v) is 2.14. The topological polar surface area (TPSA) is 46.2 Å². The summed E-state index contributed by atoms with van der Waals surface area (Å²) in [5.74, 6) is 0. The van der Waals surface area contributed by atoms with Crippen LogP contribution in [-0.2, 0) is 23.7 Å². The molecule has 0 unspecified atom stereocenters. The Hall–Kier alpha value is -0.200. The molecule has 0 aromatic carbocycles. The van der Waals surface area contributed by atoms with Crippen LogP contribution in [-0.4, -0.2) is 58.6 Å². The first-order valence-corrected chi connectivity index (χ1v) is 4.67. The average molecular weight is 204 g/mol. The van der Waals surface area contributed by atoms with Crippen molar-refractivity contribution >= 4 is 0 Å². The lowest BCUT2D eigenvalue weighted by molar-refractivity contribution is -0.246. The van der Waals surface area contributed by atoms with E-state index in [9.17, 15) is 0 Å². The SMILES string of the molecule is CO[C@@H]1[C@H](OC)[C@@H]2OC[C@@H](O2)[C@H]1OC. The van der Waals surface area contributed by atoms with E-state index in [0.717, 1.165) is 0 Å². The summed E-state index contributed by atoms with van der Waals surface area (Å²) in [5.41, 5.74) is 0. The zero-order valence-corrected chi connectivity index (χ0v) is 8.64. The number of hydrogen-bond donors (Lipinski definition) is 0. The van der Waals surface area contributed by atoms with Gasteiger partial charge in [-0.3, -0.25) is 0 Å². The van der Waals surface area contributed by atoms with Crippen molar-refractivity contribution in [2.75, 3.05) is 27.9 Å². The first-order valence-electron chi connectivity index (χ1n) is 4.67. The van der Waals surface area contributed by atoms with Crippen LogP contribution in [0.1, 0.15) is 0 Å². The highest BCUT2D eigenvalue weighted by molar-refractivity contribution is 4.95. The van der Waals surface area contributed by atoms with Gasteiger partial charge < -0.3 is 23.7 Å². The molecule has 2 bridgehead atoms. The quantitative estimate of drug-likeness (QED) is 0.636. The molecule has 0 N–H and O–H groups in total. The molecule has 0 spiro atoms. The number of fused-ring (bicyclic) bond motifs is 2. The molecule has 0 amide bonds. The first kappa shape index (κ1) is 10.3. The van der Waals surface area contributed by atoms with Crippen molar-refractivity contribution < 1.29 is 23.7 Å². The molecule has 0 aromatic rings. The summed E-state index contributed by atoms with van der Waals surface area (Å²) >= 11 is 0. The molecule has 2 rings (SSSR count). The molecular formula is C9H16O5. The summed E-state index contributed by atoms with van der Waals surface area (Å²) in [4.78, 5) is 0. The zero-order valence-electron chi connectivity index (χ0n) is 8.64. The second-order valence-corrected chi connectivity index (χ2v) is 3.48. The van der Waals surface area contributed by atoms with E-state index in [1.165, 1.54) is 0 Å². The van der Waals surface area contributed by atoms with Gasteiger partial charge in [-0.1, -0.05) is 0 Å². The van der Waals surface area contributed by atoms with E-state index in [4.69, 9.17) is 23.7 Å². The van der Waals surface area contributed by atoms with Crippen LogP contribution < -0.4 is 0 Å². The summed E-state index contributed by atoms with van der Waals surface area (Å²) in [6.45, 7) is 0.545. The van der Waals surface area contributed by atoms with Crippen LogP contribution in [0.25, 0.3) is 0 Å². The second-order valence-electron chi connectivity index (χ2n) is 3.48. The summed E-state index contributed by atoms with van der Waals surface area (Å²) in [6, 6.07) is 0. The van der Waals surface area contributed by atoms with Crippen molar-refractivity contribution in [3.05, 3.63) is 0 Å². The highest BCUT2D eigenvalue weighted by Crippen LogP contribution is 2.32. The Morgan fingerprint density at radius 2 is 1.57 bits per heavy atom. The average Bonchev–Trinajstić information content (AvgIpc) is 2.63. The molecule has 2 aliphatic rings. The van der Waals surface area contributed by atoms with Crippen molar-refractivity contribution in [1.82, 2.24) is 0 Å². The fraction of sp³-hybridized carbons (Fsp3) is 1.00. The maximum absolute atomic E-state index is 5.58. The molecule has 2 heterocycles. The van der Waals surface area contributed by atoms with E-state index in [0.29, 0.717) is 6.61 Å². The van der Waals surface area contributed by atoms with Crippen LogP contribution in [0.2, 0.25) is 0 Å². The molecule has 2 aliphatic heterocycles. The molecule has 5 heteroatoms. The van der Waals surface area contributed by atoms with Gasteiger partial charge in [-0.25, -0.2) is 0 Å². The first-order chi connectivity index (χ1) is 6.81. The highest BCUT2D eigenvalue weighted by Gasteiger charge is 2.51. The lowest BCUT2D eigenvalue weighted by Crippen LogP contribution is -2.56. The number of ether oxygens (including phenoxy) is 5. The van der Waals surface area contributed by atoms with Gasteiger partial charge in [0, 0.05) is 21.3 Å². The van der Waals surface area contributed by atoms with Gasteiger partial charge in [0.2, 0.25) is 0 Å². The standard InChI is InChI=1S/C9H16O5/c1-10-6-5-4-13-9(14-5)8(12-3)7(6)11-2/h5-9H,4H2,1-3H3/t5-,6-,7+,8+,9-/m1/s1. The Labute approximate surface area is 83.2 Å². The highest BCUT2D eigenvalue weighted by atomic mass is 16.8. The van der Waals surface area contributed by atoms with E-state index in [2.05, 4.69) is 0 Å². The van der Waals surface area contributed by atoms with Gasteiger partial charge in [-0.05, 0) is 0 Å². The molecule has 0 radical (unpaired) electrons. The van der Waals surface area contributed by atoms with Crippen molar-refractivity contribution in [3.8, 4) is 0 Å². The van der Waals surface area contributed by atoms with Crippen LogP contribution in [0.15, 0.2) is 0 Å². The molecule has 0 aliphatic carbocycles. The minimum absolute atomic E-state index is 0.0404. The Morgan fingerprint density at radius 1 is 0.929 bits per heavy atom. The van der Waals surface area contributed by atoms with Gasteiger partial charge >= 0.3 is 0 Å². The second kappa shape index (κ2) is 4.12. The summed E-state index contributed by atoms with van der Waals surface area (Å²) in [5, 5.41) is 0. The lowest BCUT2D eigenvalue weighted by atomic mass is 10.0. The normalized spacial score (nSPS) is 46.9. The molecule has 82 valence electrons. The molecule has 2 saturated heterocycles. The van der Waals surface area contributed by atoms with Crippen LogP contribution in [0, 0.1) is 0 Å². The molecule has 0 aromatic heterocycles. The smallest absolute Gasteiger partial charge is 0.187 e. The van der Waals surface area contributed by atoms with E-state index in [-0.39, 0.29) is 30.7 Å². The summed E-state index contributed by atoms with van der Waals surface area (Å²) in [7, 11) is 4.91. The van der Waals surface area contributed by atoms with Crippen molar-refractivity contribution in [3.63, 3.8) is 0 Å². The number of hydrogen-bond acceptors (Lipinski definition) is 5. The zero-order chi connectivity index (χ0) is 10.1. The largest absolute Gasteiger partial charge is 0.376 e. The van der Waals surface area contributed by atoms with Gasteiger partial charge in [0.25, 0.3) is 0 Å². The monoisotopic (exact) mass is 204 g/mol. The summed E-state index contributed by atoms with van der Waals surface area (Å²) < 4.78 is 27.0. The lowest BCUT2D eigenvalue weighted by Gasteiger charge is -2.38. The molecule has 14 heavy (non-hydrogen) atoms. The maximum Gasteiger partial charge on any atom is 0.187 e. The van der Waals surface area contributed by atoms with E-state index < -0.39 is 0 Å². The van der Waals surface area contributed by atoms with Crippen LogP contribution >= 0.6 is 0 Å². The van der Waals surface area contributed by atoms with Crippen LogP contribution in [0.5, 0.6) is 0 Å². The number of methoxy groups -OCH3 is 3. The molecule has 5 atom stereocenters. The third-order valence-electron chi connectivity index (χ3n) is 2.83. The van der Waals surface area contributed by atoms with E-state index in [1.54, 1.807) is 21.3 Å². The van der Waals surface area contributed by atoms with Gasteiger partial charge in [0.05, 0.1) is 6.61 Å². The third kappa shape index (κ3) is 1.45. The Bertz CT molecular complexity index is 180. The van der Waals surface area contributed by atoms with Gasteiger partial charge in [0.1, 0.15) is 24.4 Å². The van der Waals surface area contributed by atoms with Crippen molar-refractivity contribution in [2.45, 2.75) is 30.7 Å². The van der Waals surface area contributed by atoms with Crippen LogP contribution in [0.4, 0.5) is 0 Å². The minimum atomic E-state index is -0.318. The van der Waals surface area contributed by atoms with Crippen molar-refractivity contribution in [2.24, 2.45) is 0 Å².